The van der Waals surface area contributed by atoms with Gasteiger partial charge in [0.2, 0.25) is 0 Å². The predicted molar refractivity (Wildman–Crippen MR) is 180 cm³/mol. The lowest BCUT2D eigenvalue weighted by atomic mass is 9.88. The topological polar surface area (TPSA) is 32.7 Å². The van der Waals surface area contributed by atoms with Gasteiger partial charge in [-0.25, -0.2) is 0 Å². The average Bonchev–Trinajstić information content (AvgIpc) is 3.00. The van der Waals surface area contributed by atoms with Crippen molar-refractivity contribution in [1.82, 2.24) is 4.90 Å². The van der Waals surface area contributed by atoms with Crippen LogP contribution in [0, 0.1) is 5.92 Å². The second-order valence-corrected chi connectivity index (χ2v) is 14.2. The summed E-state index contributed by atoms with van der Waals surface area (Å²) in [6, 6.07) is 16.1. The quantitative estimate of drug-likeness (QED) is 0.382. The highest BCUT2D eigenvalue weighted by molar-refractivity contribution is 7.99. The number of phenolic OH excluding ortho intramolecular Hbond substituents is 1. The van der Waals surface area contributed by atoms with Gasteiger partial charge in [-0.05, 0) is 86.8 Å². The largest absolute Gasteiger partial charge is 0.508 e. The molecule has 3 aliphatic heterocycles. The Bertz CT molecular complexity index is 943. The number of nitrogens with zero attached hydrogens (tertiary/aromatic N) is 1. The van der Waals surface area contributed by atoms with E-state index in [0.29, 0.717) is 17.8 Å². The third-order valence-electron chi connectivity index (χ3n) is 9.51. The van der Waals surface area contributed by atoms with Crippen molar-refractivity contribution in [3.63, 3.8) is 0 Å². The van der Waals surface area contributed by atoms with E-state index in [1.807, 2.05) is 12.1 Å². The van der Waals surface area contributed by atoms with Gasteiger partial charge >= 0.3 is 0 Å². The van der Waals surface area contributed by atoms with Crippen molar-refractivity contribution in [3.05, 3.63) is 48.5 Å². The van der Waals surface area contributed by atoms with E-state index in [1.165, 1.54) is 153 Å². The molecule has 4 heteroatoms. The first-order valence-electron chi connectivity index (χ1n) is 17.7. The number of ether oxygens (including phenoxy) is 1. The Morgan fingerprint density at radius 3 is 1.50 bits per heavy atom. The first-order chi connectivity index (χ1) is 20.8. The minimum absolute atomic E-state index is 0.295. The fraction of sp³-hybridized carbons (Fsp3) is 0.684. The van der Waals surface area contributed by atoms with Crippen LogP contribution in [0.1, 0.15) is 135 Å². The zero-order valence-corrected chi connectivity index (χ0v) is 27.3. The third kappa shape index (κ3) is 13.3. The van der Waals surface area contributed by atoms with E-state index in [9.17, 15) is 5.11 Å². The summed E-state index contributed by atoms with van der Waals surface area (Å²) in [5.74, 6) is 1.98. The summed E-state index contributed by atoms with van der Waals surface area (Å²) in [5, 5.41) is 9.56. The van der Waals surface area contributed by atoms with Gasteiger partial charge in [0.15, 0.2) is 0 Å². The van der Waals surface area contributed by atoms with Gasteiger partial charge in [0.25, 0.3) is 0 Å². The summed E-state index contributed by atoms with van der Waals surface area (Å²) in [7, 11) is 0. The summed E-state index contributed by atoms with van der Waals surface area (Å²) in [4.78, 5) is 5.02. The van der Waals surface area contributed by atoms with Crippen LogP contribution in [0.4, 0.5) is 0 Å². The number of hydrogen-bond acceptors (Lipinski definition) is 4. The molecule has 3 nitrogen and oxygen atoms in total. The van der Waals surface area contributed by atoms with Crippen LogP contribution < -0.4 is 4.74 Å². The van der Waals surface area contributed by atoms with Gasteiger partial charge in [-0.3, -0.25) is 4.90 Å². The van der Waals surface area contributed by atoms with Crippen molar-refractivity contribution in [3.8, 4) is 11.5 Å². The molecule has 0 saturated carbocycles. The zero-order chi connectivity index (χ0) is 29.1. The molecule has 2 aromatic carbocycles. The van der Waals surface area contributed by atoms with Gasteiger partial charge < -0.3 is 9.84 Å². The molecular weight excluding hydrogens is 534 g/mol. The van der Waals surface area contributed by atoms with Crippen LogP contribution in [0.25, 0.3) is 0 Å². The number of fused-ring (bicyclic) bond motifs is 22. The highest BCUT2D eigenvalue weighted by Crippen LogP contribution is 2.32. The van der Waals surface area contributed by atoms with Crippen LogP contribution in [-0.2, 0) is 0 Å². The maximum atomic E-state index is 9.56. The molecule has 5 rings (SSSR count). The first-order valence-corrected chi connectivity index (χ1v) is 18.5. The first kappa shape index (κ1) is 33.2. The van der Waals surface area contributed by atoms with Crippen molar-refractivity contribution >= 4 is 11.8 Å². The Labute approximate surface area is 262 Å². The molecule has 0 spiro atoms. The van der Waals surface area contributed by atoms with E-state index in [1.54, 1.807) is 23.9 Å². The number of aromatic hydroxyl groups is 1. The number of hydrogen-bond donors (Lipinski definition) is 1. The van der Waals surface area contributed by atoms with Gasteiger partial charge in [-0.15, -0.1) is 0 Å². The summed E-state index contributed by atoms with van der Waals surface area (Å²) in [6.45, 7) is 3.55. The summed E-state index contributed by atoms with van der Waals surface area (Å²) >= 11 is 1.72. The standard InChI is InChI=1S/C38H59NO2S/c40-34-21-25-36(26-22-34)42-37-27-23-35(24-28-37)41-38-32-39-30-19-17-15-13-11-9-7-5-3-1-2-4-6-8-10-12-14-16-18-20-33(38)29-31-39/h21-28,33,38,40H,1-20,29-32H2. The van der Waals surface area contributed by atoms with Crippen molar-refractivity contribution in [2.24, 2.45) is 5.92 Å². The smallest absolute Gasteiger partial charge is 0.119 e. The van der Waals surface area contributed by atoms with Crippen LogP contribution in [0.5, 0.6) is 11.5 Å². The maximum absolute atomic E-state index is 9.56. The molecular formula is C38H59NO2S. The van der Waals surface area contributed by atoms with Crippen molar-refractivity contribution in [2.75, 3.05) is 19.6 Å². The highest BCUT2D eigenvalue weighted by Gasteiger charge is 2.30. The second-order valence-electron chi connectivity index (χ2n) is 13.1. The highest BCUT2D eigenvalue weighted by atomic mass is 32.2. The lowest BCUT2D eigenvalue weighted by molar-refractivity contribution is 0.0339. The molecule has 2 bridgehead atoms. The number of phenols is 1. The molecule has 0 aromatic heterocycles. The maximum Gasteiger partial charge on any atom is 0.119 e. The molecule has 0 aliphatic carbocycles. The normalized spacial score (nSPS) is 25.2. The molecule has 3 fully saturated rings. The molecule has 42 heavy (non-hydrogen) atoms. The van der Waals surface area contributed by atoms with Crippen molar-refractivity contribution in [1.29, 1.82) is 0 Å². The molecule has 3 saturated heterocycles. The van der Waals surface area contributed by atoms with E-state index >= 15 is 0 Å². The summed E-state index contributed by atoms with van der Waals surface area (Å²) in [6.07, 6.45) is 30.0. The number of rotatable bonds is 4. The molecule has 3 heterocycles. The number of piperidine rings is 1. The van der Waals surface area contributed by atoms with Gasteiger partial charge in [0.05, 0.1) is 0 Å². The van der Waals surface area contributed by atoms with Gasteiger partial charge in [-0.1, -0.05) is 127 Å². The monoisotopic (exact) mass is 593 g/mol. The molecule has 0 amide bonds. The average molecular weight is 594 g/mol. The van der Waals surface area contributed by atoms with Crippen LogP contribution in [0.15, 0.2) is 58.3 Å². The van der Waals surface area contributed by atoms with Gasteiger partial charge in [0.1, 0.15) is 17.6 Å². The molecule has 3 aliphatic rings. The van der Waals surface area contributed by atoms with Crippen LogP contribution in [0.3, 0.4) is 0 Å². The lowest BCUT2D eigenvalue weighted by Gasteiger charge is -2.39. The minimum Gasteiger partial charge on any atom is -0.508 e. The van der Waals surface area contributed by atoms with Crippen LogP contribution >= 0.6 is 11.8 Å². The molecule has 0 radical (unpaired) electrons. The van der Waals surface area contributed by atoms with E-state index in [4.69, 9.17) is 4.74 Å². The Morgan fingerprint density at radius 2 is 0.976 bits per heavy atom. The summed E-state index contributed by atoms with van der Waals surface area (Å²) < 4.78 is 6.76. The van der Waals surface area contributed by atoms with E-state index in [0.717, 1.165) is 17.2 Å². The Balaban J connectivity index is 1.27. The second kappa shape index (κ2) is 20.3. The van der Waals surface area contributed by atoms with E-state index < -0.39 is 0 Å². The predicted octanol–water partition coefficient (Wildman–Crippen LogP) is 11.4. The van der Waals surface area contributed by atoms with Gasteiger partial charge in [0, 0.05) is 16.3 Å². The SMILES string of the molecule is Oc1ccc(Sc2ccc(OC3CN4CCCCCCCCCCCCCCCCCCCCCC3CC4)cc2)cc1. The lowest BCUT2D eigenvalue weighted by Crippen LogP contribution is -2.47. The Kier molecular flexibility index (Phi) is 16.1. The minimum atomic E-state index is 0.295. The zero-order valence-electron chi connectivity index (χ0n) is 26.5. The van der Waals surface area contributed by atoms with E-state index in [2.05, 4.69) is 29.2 Å². The Morgan fingerprint density at radius 1 is 0.524 bits per heavy atom. The van der Waals surface area contributed by atoms with Crippen molar-refractivity contribution in [2.45, 2.75) is 151 Å². The van der Waals surface area contributed by atoms with Crippen LogP contribution in [0.2, 0.25) is 0 Å². The van der Waals surface area contributed by atoms with Crippen LogP contribution in [-0.4, -0.2) is 35.7 Å². The van der Waals surface area contributed by atoms with Gasteiger partial charge in [-0.2, -0.15) is 0 Å². The molecule has 3 atom stereocenters. The molecule has 3 unspecified atom stereocenters. The third-order valence-corrected chi connectivity index (χ3v) is 10.5. The number of benzene rings is 2. The summed E-state index contributed by atoms with van der Waals surface area (Å²) in [5.41, 5.74) is 0. The Hall–Kier alpha value is -1.65. The fourth-order valence-electron chi connectivity index (χ4n) is 6.85. The fourth-order valence-corrected chi connectivity index (χ4v) is 7.67. The molecule has 234 valence electrons. The van der Waals surface area contributed by atoms with E-state index in [-0.39, 0.29) is 0 Å². The van der Waals surface area contributed by atoms with Crippen molar-refractivity contribution < 1.29 is 9.84 Å². The molecule has 1 N–H and O–H groups in total. The molecule has 2 aromatic rings.